The van der Waals surface area contributed by atoms with E-state index in [0.717, 1.165) is 23.3 Å². The van der Waals surface area contributed by atoms with Crippen molar-refractivity contribution < 1.29 is 14.8 Å². The van der Waals surface area contributed by atoms with Crippen LogP contribution in [0, 0.1) is 13.8 Å². The molecule has 0 amide bonds. The molecule has 0 bridgehead atoms. The van der Waals surface area contributed by atoms with Crippen molar-refractivity contribution in [2.24, 2.45) is 0 Å². The summed E-state index contributed by atoms with van der Waals surface area (Å²) in [5, 5.41) is 18.1. The second-order valence-electron chi connectivity index (χ2n) is 3.71. The summed E-state index contributed by atoms with van der Waals surface area (Å²) in [7, 11) is -1.41. The van der Waals surface area contributed by atoms with Crippen LogP contribution in [0.4, 0.5) is 0 Å². The molecule has 82 valence electrons. The lowest BCUT2D eigenvalue weighted by Crippen LogP contribution is -2.30. The maximum absolute atomic E-state index is 9.05. The van der Waals surface area contributed by atoms with E-state index in [1.54, 1.807) is 12.1 Å². The van der Waals surface area contributed by atoms with Crippen molar-refractivity contribution in [2.75, 3.05) is 6.61 Å². The van der Waals surface area contributed by atoms with E-state index >= 15 is 0 Å². The van der Waals surface area contributed by atoms with Gasteiger partial charge in [-0.25, -0.2) is 0 Å². The molecule has 0 heterocycles. The Morgan fingerprint density at radius 1 is 1.20 bits per heavy atom. The van der Waals surface area contributed by atoms with Crippen molar-refractivity contribution in [3.05, 3.63) is 23.3 Å². The number of benzene rings is 1. The fourth-order valence-electron chi connectivity index (χ4n) is 1.56. The molecule has 3 nitrogen and oxygen atoms in total. The minimum Gasteiger partial charge on any atom is -0.493 e. The molecule has 0 saturated heterocycles. The van der Waals surface area contributed by atoms with Gasteiger partial charge in [-0.1, -0.05) is 19.1 Å². The molecule has 15 heavy (non-hydrogen) atoms. The van der Waals surface area contributed by atoms with E-state index in [1.807, 2.05) is 13.8 Å². The number of hydrogen-bond acceptors (Lipinski definition) is 3. The number of hydrogen-bond donors (Lipinski definition) is 2. The van der Waals surface area contributed by atoms with E-state index in [1.165, 1.54) is 0 Å². The molecular weight excluding hydrogens is 191 g/mol. The normalized spacial score (nSPS) is 10.2. The number of rotatable bonds is 4. The average Bonchev–Trinajstić information content (AvgIpc) is 2.16. The van der Waals surface area contributed by atoms with Gasteiger partial charge in [0.1, 0.15) is 5.75 Å². The molecule has 0 atom stereocenters. The summed E-state index contributed by atoms with van der Waals surface area (Å²) in [5.41, 5.74) is 2.38. The average molecular weight is 208 g/mol. The molecule has 0 saturated carbocycles. The SMILES string of the molecule is CCCOc1c(C)cc(B(O)O)cc1C. The zero-order chi connectivity index (χ0) is 11.4. The van der Waals surface area contributed by atoms with Crippen LogP contribution < -0.4 is 10.2 Å². The molecule has 0 aliphatic rings. The van der Waals surface area contributed by atoms with Gasteiger partial charge in [0.05, 0.1) is 6.61 Å². The van der Waals surface area contributed by atoms with Crippen LogP contribution in [0.3, 0.4) is 0 Å². The second-order valence-corrected chi connectivity index (χ2v) is 3.71. The van der Waals surface area contributed by atoms with Crippen LogP contribution in [0.1, 0.15) is 24.5 Å². The van der Waals surface area contributed by atoms with E-state index in [9.17, 15) is 0 Å². The van der Waals surface area contributed by atoms with Crippen molar-refractivity contribution in [2.45, 2.75) is 27.2 Å². The Morgan fingerprint density at radius 2 is 1.73 bits per heavy atom. The quantitative estimate of drug-likeness (QED) is 0.718. The van der Waals surface area contributed by atoms with Gasteiger partial charge in [0.2, 0.25) is 0 Å². The molecule has 0 radical (unpaired) electrons. The van der Waals surface area contributed by atoms with Crippen molar-refractivity contribution >= 4 is 12.6 Å². The van der Waals surface area contributed by atoms with Crippen LogP contribution in [-0.2, 0) is 0 Å². The topological polar surface area (TPSA) is 49.7 Å². The highest BCUT2D eigenvalue weighted by Crippen LogP contribution is 2.21. The van der Waals surface area contributed by atoms with Gasteiger partial charge in [-0.3, -0.25) is 0 Å². The summed E-state index contributed by atoms with van der Waals surface area (Å²) in [6.45, 7) is 6.55. The van der Waals surface area contributed by atoms with Crippen LogP contribution in [0.5, 0.6) is 5.75 Å². The van der Waals surface area contributed by atoms with E-state index in [4.69, 9.17) is 14.8 Å². The summed E-state index contributed by atoms with van der Waals surface area (Å²) >= 11 is 0. The molecule has 2 N–H and O–H groups in total. The van der Waals surface area contributed by atoms with Crippen LogP contribution in [-0.4, -0.2) is 23.8 Å². The molecular formula is C11H17BO3. The van der Waals surface area contributed by atoms with Crippen molar-refractivity contribution in [3.8, 4) is 5.75 Å². The van der Waals surface area contributed by atoms with E-state index in [2.05, 4.69) is 6.92 Å². The molecule has 0 aliphatic carbocycles. The Hall–Kier alpha value is -0.995. The molecule has 1 aromatic carbocycles. The standard InChI is InChI=1S/C11H17BO3/c1-4-5-15-11-8(2)6-10(12(13)14)7-9(11)3/h6-7,13-14H,4-5H2,1-3H3. The third kappa shape index (κ3) is 2.98. The first-order chi connectivity index (χ1) is 7.06. The van der Waals surface area contributed by atoms with Gasteiger partial charge in [0.25, 0.3) is 0 Å². The Morgan fingerprint density at radius 3 is 2.13 bits per heavy atom. The zero-order valence-electron chi connectivity index (χ0n) is 9.45. The van der Waals surface area contributed by atoms with Crippen LogP contribution in [0.2, 0.25) is 0 Å². The predicted octanol–water partition coefficient (Wildman–Crippen LogP) is 0.772. The molecule has 0 spiro atoms. The summed E-state index contributed by atoms with van der Waals surface area (Å²) < 4.78 is 5.59. The minimum absolute atomic E-state index is 0.508. The summed E-state index contributed by atoms with van der Waals surface area (Å²) in [5.74, 6) is 0.848. The first-order valence-electron chi connectivity index (χ1n) is 5.16. The Balaban J connectivity index is 2.99. The van der Waals surface area contributed by atoms with Crippen molar-refractivity contribution in [3.63, 3.8) is 0 Å². The third-order valence-corrected chi connectivity index (χ3v) is 2.23. The lowest BCUT2D eigenvalue weighted by atomic mass is 9.78. The van der Waals surface area contributed by atoms with Gasteiger partial charge >= 0.3 is 7.12 Å². The first-order valence-corrected chi connectivity index (χ1v) is 5.16. The molecule has 0 unspecified atom stereocenters. The fourth-order valence-corrected chi connectivity index (χ4v) is 1.56. The molecule has 1 aromatic rings. The lowest BCUT2D eigenvalue weighted by molar-refractivity contribution is 0.313. The van der Waals surface area contributed by atoms with E-state index < -0.39 is 7.12 Å². The van der Waals surface area contributed by atoms with Crippen molar-refractivity contribution in [1.82, 2.24) is 0 Å². The minimum atomic E-state index is -1.41. The summed E-state index contributed by atoms with van der Waals surface area (Å²) in [4.78, 5) is 0. The highest BCUT2D eigenvalue weighted by molar-refractivity contribution is 6.58. The van der Waals surface area contributed by atoms with Gasteiger partial charge in [0.15, 0.2) is 0 Å². The van der Waals surface area contributed by atoms with Gasteiger partial charge < -0.3 is 14.8 Å². The number of aryl methyl sites for hydroxylation is 2. The highest BCUT2D eigenvalue weighted by atomic mass is 16.5. The fraction of sp³-hybridized carbons (Fsp3) is 0.455. The second kappa shape index (κ2) is 5.19. The molecule has 0 aliphatic heterocycles. The van der Waals surface area contributed by atoms with Gasteiger partial charge in [0, 0.05) is 0 Å². The summed E-state index contributed by atoms with van der Waals surface area (Å²) in [6, 6.07) is 3.48. The predicted molar refractivity (Wildman–Crippen MR) is 61.5 cm³/mol. The lowest BCUT2D eigenvalue weighted by Gasteiger charge is -2.13. The smallest absolute Gasteiger partial charge is 0.488 e. The first kappa shape index (κ1) is 12.1. The largest absolute Gasteiger partial charge is 0.493 e. The highest BCUT2D eigenvalue weighted by Gasteiger charge is 2.14. The Bertz CT molecular complexity index is 314. The molecule has 1 rings (SSSR count). The third-order valence-electron chi connectivity index (χ3n) is 2.23. The summed E-state index contributed by atoms with van der Waals surface area (Å²) in [6.07, 6.45) is 0.962. The van der Waals surface area contributed by atoms with Gasteiger partial charge in [-0.2, -0.15) is 0 Å². The van der Waals surface area contributed by atoms with Crippen LogP contribution >= 0.6 is 0 Å². The number of ether oxygens (including phenoxy) is 1. The Labute approximate surface area is 90.9 Å². The van der Waals surface area contributed by atoms with Gasteiger partial charge in [-0.05, 0) is 36.9 Å². The Kier molecular flexibility index (Phi) is 4.18. The molecule has 0 aromatic heterocycles. The van der Waals surface area contributed by atoms with Crippen LogP contribution in [0.15, 0.2) is 12.1 Å². The van der Waals surface area contributed by atoms with Crippen molar-refractivity contribution in [1.29, 1.82) is 0 Å². The molecule has 0 fully saturated rings. The monoisotopic (exact) mass is 208 g/mol. The van der Waals surface area contributed by atoms with E-state index in [-0.39, 0.29) is 0 Å². The zero-order valence-corrected chi connectivity index (χ0v) is 9.45. The maximum Gasteiger partial charge on any atom is 0.488 e. The van der Waals surface area contributed by atoms with E-state index in [0.29, 0.717) is 12.1 Å². The maximum atomic E-state index is 9.05. The van der Waals surface area contributed by atoms with Gasteiger partial charge in [-0.15, -0.1) is 0 Å². The molecule has 4 heteroatoms. The van der Waals surface area contributed by atoms with Crippen LogP contribution in [0.25, 0.3) is 0 Å².